The van der Waals surface area contributed by atoms with Crippen molar-refractivity contribution in [1.29, 1.82) is 0 Å². The van der Waals surface area contributed by atoms with Gasteiger partial charge in [0.2, 0.25) is 5.91 Å². The van der Waals surface area contributed by atoms with Crippen LogP contribution < -0.4 is 0 Å². The van der Waals surface area contributed by atoms with E-state index in [1.807, 2.05) is 4.90 Å². The van der Waals surface area contributed by atoms with Crippen molar-refractivity contribution in [3.63, 3.8) is 0 Å². The second kappa shape index (κ2) is 5.72. The number of amides is 1. The van der Waals surface area contributed by atoms with Crippen LogP contribution >= 0.6 is 0 Å². The molecule has 2 aliphatic carbocycles. The lowest BCUT2D eigenvalue weighted by atomic mass is 9.84. The summed E-state index contributed by atoms with van der Waals surface area (Å²) in [4.78, 5) is 24.9. The van der Waals surface area contributed by atoms with Crippen LogP contribution in [0, 0.1) is 11.8 Å². The normalized spacial score (nSPS) is 27.8. The Labute approximate surface area is 108 Å². The fraction of sp³-hybridized carbons (Fsp3) is 0.857. The molecule has 102 valence electrons. The van der Waals surface area contributed by atoms with E-state index in [1.54, 1.807) is 0 Å². The van der Waals surface area contributed by atoms with Crippen LogP contribution in [0.4, 0.5) is 0 Å². The van der Waals surface area contributed by atoms with Crippen molar-refractivity contribution in [3.8, 4) is 0 Å². The molecule has 2 unspecified atom stereocenters. The second-order valence-corrected chi connectivity index (χ2v) is 5.78. The number of rotatable bonds is 5. The van der Waals surface area contributed by atoms with Crippen LogP contribution in [0.2, 0.25) is 0 Å². The molecule has 1 N–H and O–H groups in total. The average molecular weight is 253 g/mol. The van der Waals surface area contributed by atoms with Gasteiger partial charge in [-0.05, 0) is 31.6 Å². The molecular formula is C14H23NO3. The maximum atomic E-state index is 12.3. The molecule has 0 aromatic carbocycles. The molecule has 2 aliphatic rings. The fourth-order valence-electron chi connectivity index (χ4n) is 2.98. The molecule has 2 fully saturated rings. The zero-order chi connectivity index (χ0) is 13.1. The van der Waals surface area contributed by atoms with Gasteiger partial charge in [0.05, 0.1) is 6.42 Å². The molecule has 2 atom stereocenters. The molecule has 0 spiro atoms. The van der Waals surface area contributed by atoms with E-state index in [1.165, 1.54) is 6.42 Å². The largest absolute Gasteiger partial charge is 0.481 e. The highest BCUT2D eigenvalue weighted by molar-refractivity contribution is 5.82. The highest BCUT2D eigenvalue weighted by Gasteiger charge is 2.38. The van der Waals surface area contributed by atoms with Crippen LogP contribution in [0.15, 0.2) is 0 Å². The van der Waals surface area contributed by atoms with Crippen molar-refractivity contribution in [2.45, 2.75) is 57.9 Å². The van der Waals surface area contributed by atoms with Crippen LogP contribution in [0.1, 0.15) is 51.9 Å². The monoisotopic (exact) mass is 253 g/mol. The molecule has 0 aliphatic heterocycles. The third kappa shape index (κ3) is 3.24. The third-order valence-electron chi connectivity index (χ3n) is 4.24. The maximum absolute atomic E-state index is 12.3. The standard InChI is InChI=1S/C14H23NO3/c1-10-4-2-3-5-12(10)15(9-8-13(16)17)14(18)11-6-7-11/h10-12H,2-9H2,1H3,(H,16,17). The summed E-state index contributed by atoms with van der Waals surface area (Å²) in [6.07, 6.45) is 6.65. The number of hydrogen-bond acceptors (Lipinski definition) is 2. The van der Waals surface area contributed by atoms with Crippen LogP contribution in [0.3, 0.4) is 0 Å². The van der Waals surface area contributed by atoms with E-state index in [-0.39, 0.29) is 24.3 Å². The van der Waals surface area contributed by atoms with Crippen LogP contribution in [0.25, 0.3) is 0 Å². The van der Waals surface area contributed by atoms with E-state index in [0.29, 0.717) is 12.5 Å². The fourth-order valence-corrected chi connectivity index (χ4v) is 2.98. The van der Waals surface area contributed by atoms with Gasteiger partial charge in [0, 0.05) is 18.5 Å². The van der Waals surface area contributed by atoms with Gasteiger partial charge in [0.25, 0.3) is 0 Å². The highest BCUT2D eigenvalue weighted by atomic mass is 16.4. The predicted octanol–water partition coefficient (Wildman–Crippen LogP) is 2.28. The molecule has 1 amide bonds. The Hall–Kier alpha value is -1.06. The Morgan fingerprint density at radius 3 is 2.39 bits per heavy atom. The van der Waals surface area contributed by atoms with Crippen molar-refractivity contribution in [2.75, 3.05) is 6.54 Å². The Kier molecular flexibility index (Phi) is 4.25. The van der Waals surface area contributed by atoms with E-state index >= 15 is 0 Å². The Balaban J connectivity index is 2.01. The van der Waals surface area contributed by atoms with E-state index in [9.17, 15) is 9.59 Å². The van der Waals surface area contributed by atoms with Gasteiger partial charge in [-0.1, -0.05) is 19.8 Å². The van der Waals surface area contributed by atoms with Crippen LogP contribution in [0.5, 0.6) is 0 Å². The SMILES string of the molecule is CC1CCCCC1N(CCC(=O)O)C(=O)C1CC1. The topological polar surface area (TPSA) is 57.6 Å². The molecule has 0 aromatic heterocycles. The number of hydrogen-bond donors (Lipinski definition) is 1. The lowest BCUT2D eigenvalue weighted by molar-refractivity contribution is -0.141. The number of carbonyl (C=O) groups is 2. The summed E-state index contributed by atoms with van der Waals surface area (Å²) in [5.41, 5.74) is 0. The Bertz CT molecular complexity index is 325. The van der Waals surface area contributed by atoms with Crippen molar-refractivity contribution in [2.24, 2.45) is 11.8 Å². The summed E-state index contributed by atoms with van der Waals surface area (Å²) in [5.74, 6) is 0.0882. The zero-order valence-electron chi connectivity index (χ0n) is 11.1. The first-order chi connectivity index (χ1) is 8.59. The summed E-state index contributed by atoms with van der Waals surface area (Å²) >= 11 is 0. The number of carboxylic acid groups (broad SMARTS) is 1. The Morgan fingerprint density at radius 1 is 1.17 bits per heavy atom. The van der Waals surface area contributed by atoms with Crippen molar-refractivity contribution in [3.05, 3.63) is 0 Å². The van der Waals surface area contributed by atoms with Gasteiger partial charge < -0.3 is 10.0 Å². The number of carbonyl (C=O) groups excluding carboxylic acids is 1. The van der Waals surface area contributed by atoms with Gasteiger partial charge >= 0.3 is 5.97 Å². The molecule has 4 nitrogen and oxygen atoms in total. The molecule has 0 heterocycles. The molecule has 0 bridgehead atoms. The van der Waals surface area contributed by atoms with Gasteiger partial charge in [-0.15, -0.1) is 0 Å². The van der Waals surface area contributed by atoms with Gasteiger partial charge in [0.15, 0.2) is 0 Å². The van der Waals surface area contributed by atoms with Crippen molar-refractivity contribution < 1.29 is 14.7 Å². The van der Waals surface area contributed by atoms with Crippen molar-refractivity contribution in [1.82, 2.24) is 4.90 Å². The number of nitrogens with zero attached hydrogens (tertiary/aromatic N) is 1. The van der Waals surface area contributed by atoms with Gasteiger partial charge in [-0.3, -0.25) is 9.59 Å². The third-order valence-corrected chi connectivity index (χ3v) is 4.24. The lowest BCUT2D eigenvalue weighted by Crippen LogP contribution is -2.46. The number of aliphatic carboxylic acids is 1. The van der Waals surface area contributed by atoms with E-state index in [2.05, 4.69) is 6.92 Å². The minimum absolute atomic E-state index is 0.0711. The van der Waals surface area contributed by atoms with Crippen molar-refractivity contribution >= 4 is 11.9 Å². The lowest BCUT2D eigenvalue weighted by Gasteiger charge is -2.38. The van der Waals surface area contributed by atoms with Gasteiger partial charge in [-0.2, -0.15) is 0 Å². The summed E-state index contributed by atoms with van der Waals surface area (Å²) in [6.45, 7) is 2.58. The Morgan fingerprint density at radius 2 is 1.83 bits per heavy atom. The highest BCUT2D eigenvalue weighted by Crippen LogP contribution is 2.35. The average Bonchev–Trinajstić information content (AvgIpc) is 3.14. The first kappa shape index (κ1) is 13.4. The van der Waals surface area contributed by atoms with E-state index < -0.39 is 5.97 Å². The van der Waals surface area contributed by atoms with Crippen LogP contribution in [-0.4, -0.2) is 34.5 Å². The molecule has 2 rings (SSSR count). The minimum Gasteiger partial charge on any atom is -0.481 e. The zero-order valence-corrected chi connectivity index (χ0v) is 11.1. The first-order valence-electron chi connectivity index (χ1n) is 7.12. The van der Waals surface area contributed by atoms with Gasteiger partial charge in [-0.25, -0.2) is 0 Å². The quantitative estimate of drug-likeness (QED) is 0.817. The van der Waals surface area contributed by atoms with Crippen LogP contribution in [-0.2, 0) is 9.59 Å². The molecule has 0 saturated heterocycles. The molecule has 18 heavy (non-hydrogen) atoms. The van der Waals surface area contributed by atoms with E-state index in [4.69, 9.17) is 5.11 Å². The molecule has 0 aromatic rings. The smallest absolute Gasteiger partial charge is 0.305 e. The molecular weight excluding hydrogens is 230 g/mol. The second-order valence-electron chi connectivity index (χ2n) is 5.78. The summed E-state index contributed by atoms with van der Waals surface area (Å²) in [5, 5.41) is 8.82. The molecule has 4 heteroatoms. The first-order valence-corrected chi connectivity index (χ1v) is 7.12. The maximum Gasteiger partial charge on any atom is 0.305 e. The summed E-state index contributed by atoms with van der Waals surface area (Å²) < 4.78 is 0. The van der Waals surface area contributed by atoms with Gasteiger partial charge in [0.1, 0.15) is 0 Å². The molecule has 0 radical (unpaired) electrons. The summed E-state index contributed by atoms with van der Waals surface area (Å²) in [7, 11) is 0. The minimum atomic E-state index is -0.813. The summed E-state index contributed by atoms with van der Waals surface area (Å²) in [6, 6.07) is 0.270. The van der Waals surface area contributed by atoms with E-state index in [0.717, 1.165) is 32.1 Å². The molecule has 2 saturated carbocycles. The number of carboxylic acids is 1. The predicted molar refractivity (Wildman–Crippen MR) is 68.1 cm³/mol.